The van der Waals surface area contributed by atoms with Crippen molar-refractivity contribution in [1.29, 1.82) is 5.26 Å². The van der Waals surface area contributed by atoms with E-state index >= 15 is 0 Å². The summed E-state index contributed by atoms with van der Waals surface area (Å²) in [5.74, 6) is -0.690. The lowest BCUT2D eigenvalue weighted by atomic mass is 9.81. The first-order valence-electron chi connectivity index (χ1n) is 13.4. The summed E-state index contributed by atoms with van der Waals surface area (Å²) >= 11 is 0. The Morgan fingerprint density at radius 3 is 2.66 bits per heavy atom. The number of nitrogens with zero attached hydrogens (tertiary/aromatic N) is 2. The van der Waals surface area contributed by atoms with Gasteiger partial charge in [-0.3, -0.25) is 0 Å². The van der Waals surface area contributed by atoms with E-state index in [1.165, 1.54) is 0 Å². The number of fused-ring (bicyclic) bond motifs is 3. The molecule has 1 aliphatic carbocycles. The van der Waals surface area contributed by atoms with Gasteiger partial charge in [0.2, 0.25) is 5.69 Å². The Morgan fingerprint density at radius 2 is 1.86 bits per heavy atom. The Balaban J connectivity index is 1.58. The van der Waals surface area contributed by atoms with Crippen LogP contribution in [0.4, 0.5) is 0 Å². The quantitative estimate of drug-likeness (QED) is 0.257. The molecule has 5 aromatic rings. The maximum atomic E-state index is 10.0. The number of aromatic nitrogens is 1. The number of nitriles is 1. The van der Waals surface area contributed by atoms with Crippen LogP contribution < -0.4 is 4.57 Å². The lowest BCUT2D eigenvalue weighted by Crippen LogP contribution is -2.30. The summed E-state index contributed by atoms with van der Waals surface area (Å²) in [4.78, 5) is 0. The van der Waals surface area contributed by atoms with Crippen LogP contribution in [0.5, 0.6) is 0 Å². The fourth-order valence-electron chi connectivity index (χ4n) is 5.56. The minimum Gasteiger partial charge on any atom is -0.454 e. The zero-order valence-corrected chi connectivity index (χ0v) is 20.2. The van der Waals surface area contributed by atoms with E-state index in [1.54, 1.807) is 0 Å². The van der Waals surface area contributed by atoms with Gasteiger partial charge in [0.25, 0.3) is 0 Å². The summed E-state index contributed by atoms with van der Waals surface area (Å²) in [5.41, 5.74) is 7.59. The maximum absolute atomic E-state index is 10.0. The number of furan rings is 1. The topological polar surface area (TPSA) is 40.8 Å². The molecule has 35 heavy (non-hydrogen) atoms. The smallest absolute Gasteiger partial charge is 0.216 e. The average Bonchev–Trinajstić information content (AvgIpc) is 3.29. The minimum atomic E-state index is -0.690. The van der Waals surface area contributed by atoms with Gasteiger partial charge in [0.05, 0.1) is 18.6 Å². The SMILES string of the molecule is [2H]c1cc(C)c(-c2cccc[n+]2C)c2oc3c(-c4ccc(C5([2H])CCCCC5)c(C#N)c4)cccc3c12. The van der Waals surface area contributed by atoms with Crippen LogP contribution in [0, 0.1) is 18.3 Å². The van der Waals surface area contributed by atoms with E-state index in [2.05, 4.69) is 16.7 Å². The molecule has 3 heteroatoms. The Bertz CT molecular complexity index is 1720. The van der Waals surface area contributed by atoms with E-state index < -0.39 is 5.89 Å². The van der Waals surface area contributed by atoms with E-state index in [0.717, 1.165) is 76.4 Å². The standard InChI is InChI=1S/C32H29N2O/c1-21-14-16-28-27-12-8-11-26(31(27)35-32(28)30(21)29-13-6-7-18-34(29)2)23-15-17-25(24(19-23)20-33)22-9-4-3-5-10-22/h6-8,11-19,22H,3-5,9-10H2,1-2H3/q+1/i16D,22D. The second-order valence-corrected chi connectivity index (χ2v) is 9.57. The third kappa shape index (κ3) is 3.61. The first-order chi connectivity index (χ1) is 17.9. The van der Waals surface area contributed by atoms with Crippen molar-refractivity contribution in [3.8, 4) is 28.5 Å². The summed E-state index contributed by atoms with van der Waals surface area (Å²) in [7, 11) is 2.01. The highest BCUT2D eigenvalue weighted by Gasteiger charge is 2.23. The predicted molar refractivity (Wildman–Crippen MR) is 141 cm³/mol. The Labute approximate surface area is 209 Å². The van der Waals surface area contributed by atoms with Gasteiger partial charge in [-0.15, -0.1) is 0 Å². The molecule has 1 saturated carbocycles. The lowest BCUT2D eigenvalue weighted by molar-refractivity contribution is -0.660. The molecular weight excluding hydrogens is 428 g/mol. The monoisotopic (exact) mass is 459 g/mol. The maximum Gasteiger partial charge on any atom is 0.216 e. The van der Waals surface area contributed by atoms with Crippen molar-refractivity contribution in [2.45, 2.75) is 44.9 Å². The minimum absolute atomic E-state index is 0.437. The highest BCUT2D eigenvalue weighted by atomic mass is 16.3. The lowest BCUT2D eigenvalue weighted by Gasteiger charge is -2.23. The van der Waals surface area contributed by atoms with Gasteiger partial charge in [-0.25, -0.2) is 4.57 Å². The number of hydrogen-bond donors (Lipinski definition) is 0. The molecule has 2 aromatic heterocycles. The summed E-state index contributed by atoms with van der Waals surface area (Å²) in [5, 5.41) is 11.7. The number of hydrogen-bond acceptors (Lipinski definition) is 2. The summed E-state index contributed by atoms with van der Waals surface area (Å²) in [6.07, 6.45) is 6.83. The zero-order valence-electron chi connectivity index (χ0n) is 22.2. The molecule has 0 N–H and O–H groups in total. The van der Waals surface area contributed by atoms with E-state index in [4.69, 9.17) is 7.16 Å². The highest BCUT2D eigenvalue weighted by molar-refractivity contribution is 6.13. The van der Waals surface area contributed by atoms with Gasteiger partial charge in [0.15, 0.2) is 6.20 Å². The second-order valence-electron chi connectivity index (χ2n) is 9.57. The number of benzene rings is 3. The van der Waals surface area contributed by atoms with Gasteiger partial charge in [-0.2, -0.15) is 5.26 Å². The molecule has 2 heterocycles. The molecule has 0 amide bonds. The number of para-hydroxylation sites is 1. The Morgan fingerprint density at radius 1 is 1.00 bits per heavy atom. The zero-order chi connectivity index (χ0) is 25.7. The largest absolute Gasteiger partial charge is 0.454 e. The van der Waals surface area contributed by atoms with Crippen LogP contribution in [-0.2, 0) is 7.05 Å². The summed E-state index contributed by atoms with van der Waals surface area (Å²) in [6.45, 7) is 2.02. The molecule has 0 bridgehead atoms. The number of pyridine rings is 1. The van der Waals surface area contributed by atoms with Crippen molar-refractivity contribution in [3.05, 3.63) is 89.6 Å². The van der Waals surface area contributed by atoms with Crippen molar-refractivity contribution >= 4 is 21.9 Å². The van der Waals surface area contributed by atoms with Crippen molar-refractivity contribution in [1.82, 2.24) is 0 Å². The molecule has 0 aliphatic heterocycles. The van der Waals surface area contributed by atoms with E-state index in [1.807, 2.05) is 74.8 Å². The molecule has 0 radical (unpaired) electrons. The van der Waals surface area contributed by atoms with Crippen LogP contribution in [0.25, 0.3) is 44.3 Å². The van der Waals surface area contributed by atoms with Gasteiger partial charge in [-0.05, 0) is 54.5 Å². The molecule has 172 valence electrons. The molecular formula is C32H29N2O+. The average molecular weight is 460 g/mol. The first-order valence-corrected chi connectivity index (χ1v) is 12.4. The second kappa shape index (κ2) is 8.71. The molecule has 6 rings (SSSR count). The van der Waals surface area contributed by atoms with Crippen LogP contribution >= 0.6 is 0 Å². The van der Waals surface area contributed by atoms with Crippen LogP contribution in [0.3, 0.4) is 0 Å². The highest BCUT2D eigenvalue weighted by Crippen LogP contribution is 2.41. The molecule has 3 nitrogen and oxygen atoms in total. The summed E-state index contributed by atoms with van der Waals surface area (Å²) < 4.78 is 26.5. The van der Waals surface area contributed by atoms with Crippen molar-refractivity contribution in [2.75, 3.05) is 0 Å². The number of rotatable bonds is 3. The molecule has 1 aliphatic rings. The Kier molecular flexibility index (Phi) is 4.83. The van der Waals surface area contributed by atoms with E-state index in [0.29, 0.717) is 22.8 Å². The van der Waals surface area contributed by atoms with Crippen LogP contribution in [0.2, 0.25) is 0 Å². The summed E-state index contributed by atoms with van der Waals surface area (Å²) in [6, 6.07) is 22.7. The molecule has 0 atom stereocenters. The fraction of sp³-hybridized carbons (Fsp3) is 0.250. The molecule has 0 saturated heterocycles. The molecule has 3 aromatic carbocycles. The Hall–Kier alpha value is -3.90. The van der Waals surface area contributed by atoms with E-state index in [9.17, 15) is 5.26 Å². The van der Waals surface area contributed by atoms with Gasteiger partial charge in [-0.1, -0.05) is 61.7 Å². The van der Waals surface area contributed by atoms with E-state index in [-0.39, 0.29) is 0 Å². The third-order valence-electron chi connectivity index (χ3n) is 7.37. The predicted octanol–water partition coefficient (Wildman–Crippen LogP) is 7.97. The molecule has 1 fully saturated rings. The molecule has 0 spiro atoms. The van der Waals surface area contributed by atoms with Crippen molar-refractivity contribution in [3.63, 3.8) is 0 Å². The first kappa shape index (κ1) is 19.4. The normalized spacial score (nSPS) is 16.1. The van der Waals surface area contributed by atoms with Crippen molar-refractivity contribution in [2.24, 2.45) is 7.05 Å². The fourth-order valence-corrected chi connectivity index (χ4v) is 5.56. The van der Waals surface area contributed by atoms with Gasteiger partial charge >= 0.3 is 0 Å². The van der Waals surface area contributed by atoms with Crippen molar-refractivity contribution < 1.29 is 11.7 Å². The van der Waals surface area contributed by atoms with Crippen LogP contribution in [-0.4, -0.2) is 0 Å². The van der Waals surface area contributed by atoms with Crippen LogP contribution in [0.15, 0.2) is 77.3 Å². The van der Waals surface area contributed by atoms with Crippen LogP contribution in [0.1, 0.15) is 57.4 Å². The third-order valence-corrected chi connectivity index (χ3v) is 7.37. The van der Waals surface area contributed by atoms with Gasteiger partial charge < -0.3 is 4.42 Å². The van der Waals surface area contributed by atoms with Gasteiger partial charge in [0, 0.05) is 29.8 Å². The molecule has 0 unspecified atom stereocenters. The number of aryl methyl sites for hydroxylation is 2. The van der Waals surface area contributed by atoms with Gasteiger partial charge in [0.1, 0.15) is 18.2 Å².